The van der Waals surface area contributed by atoms with Crippen molar-refractivity contribution in [2.45, 2.75) is 26.7 Å². The third-order valence-electron chi connectivity index (χ3n) is 3.39. The largest absolute Gasteiger partial charge is 0.481 e. The lowest BCUT2D eigenvalue weighted by Gasteiger charge is -2.24. The van der Waals surface area contributed by atoms with Crippen LogP contribution in [0.1, 0.15) is 26.7 Å². The maximum absolute atomic E-state index is 12.1. The second-order valence-corrected chi connectivity index (χ2v) is 5.35. The molecule has 1 heterocycles. The summed E-state index contributed by atoms with van der Waals surface area (Å²) in [6, 6.07) is 0. The number of likely N-dealkylation sites (tertiary alicyclic amines) is 1. The summed E-state index contributed by atoms with van der Waals surface area (Å²) in [5, 5.41) is 8.76. The van der Waals surface area contributed by atoms with Gasteiger partial charge in [-0.25, -0.2) is 0 Å². The van der Waals surface area contributed by atoms with Crippen LogP contribution in [0.3, 0.4) is 0 Å². The van der Waals surface area contributed by atoms with Gasteiger partial charge < -0.3 is 10.0 Å². The molecule has 0 aromatic carbocycles. The first-order chi connectivity index (χ1) is 8.92. The molecular formula is C14H24N2O3. The average Bonchev–Trinajstić information content (AvgIpc) is 2.71. The number of hydrogen-bond donors (Lipinski definition) is 1. The van der Waals surface area contributed by atoms with Crippen molar-refractivity contribution in [2.75, 3.05) is 32.7 Å². The predicted molar refractivity (Wildman–Crippen MR) is 73.9 cm³/mol. The van der Waals surface area contributed by atoms with Crippen LogP contribution in [0.25, 0.3) is 0 Å². The number of likely N-dealkylation sites (N-methyl/N-ethyl adjacent to an activating group) is 1. The molecule has 1 aliphatic rings. The van der Waals surface area contributed by atoms with Gasteiger partial charge in [-0.1, -0.05) is 12.2 Å². The molecular weight excluding hydrogens is 244 g/mol. The van der Waals surface area contributed by atoms with Crippen LogP contribution >= 0.6 is 0 Å². The molecule has 1 saturated heterocycles. The number of aliphatic carboxylic acids is 1. The van der Waals surface area contributed by atoms with E-state index in [1.165, 1.54) is 0 Å². The third-order valence-corrected chi connectivity index (χ3v) is 3.39. The van der Waals surface area contributed by atoms with Crippen LogP contribution in [0.4, 0.5) is 0 Å². The number of carbonyl (C=O) groups excluding carboxylic acids is 1. The van der Waals surface area contributed by atoms with Crippen molar-refractivity contribution in [3.8, 4) is 0 Å². The van der Waals surface area contributed by atoms with Crippen LogP contribution in [0.2, 0.25) is 0 Å². The molecule has 0 bridgehead atoms. The highest BCUT2D eigenvalue weighted by atomic mass is 16.4. The monoisotopic (exact) mass is 268 g/mol. The van der Waals surface area contributed by atoms with Gasteiger partial charge in [-0.05, 0) is 32.7 Å². The molecule has 19 heavy (non-hydrogen) atoms. The first-order valence-electron chi connectivity index (χ1n) is 6.78. The molecule has 1 atom stereocenters. The molecule has 108 valence electrons. The van der Waals surface area contributed by atoms with Gasteiger partial charge in [0.25, 0.3) is 0 Å². The van der Waals surface area contributed by atoms with Crippen LogP contribution in [0, 0.1) is 5.92 Å². The van der Waals surface area contributed by atoms with Crippen molar-refractivity contribution in [1.82, 2.24) is 9.80 Å². The Kier molecular flexibility index (Phi) is 6.02. The van der Waals surface area contributed by atoms with E-state index in [1.54, 1.807) is 4.90 Å². The molecule has 5 heteroatoms. The summed E-state index contributed by atoms with van der Waals surface area (Å²) in [7, 11) is 0. The average molecular weight is 268 g/mol. The first kappa shape index (κ1) is 15.7. The molecule has 0 spiro atoms. The molecule has 0 aliphatic carbocycles. The Hall–Kier alpha value is -1.36. The summed E-state index contributed by atoms with van der Waals surface area (Å²) in [5.74, 6) is -0.473. The van der Waals surface area contributed by atoms with Crippen LogP contribution < -0.4 is 0 Å². The van der Waals surface area contributed by atoms with Gasteiger partial charge >= 0.3 is 5.97 Å². The van der Waals surface area contributed by atoms with E-state index in [-0.39, 0.29) is 18.2 Å². The van der Waals surface area contributed by atoms with Gasteiger partial charge in [-0.2, -0.15) is 0 Å². The van der Waals surface area contributed by atoms with E-state index in [4.69, 9.17) is 5.11 Å². The van der Waals surface area contributed by atoms with Crippen molar-refractivity contribution in [1.29, 1.82) is 0 Å². The fourth-order valence-corrected chi connectivity index (χ4v) is 2.46. The Balaban J connectivity index is 2.40. The SMILES string of the molecule is C=C(C)CN(CC)C(=O)CN1CCC(CC(=O)O)C1. The number of carboxylic acid groups (broad SMARTS) is 1. The predicted octanol–water partition coefficient (Wildman–Crippen LogP) is 1.21. The van der Waals surface area contributed by atoms with Crippen LogP contribution in [-0.4, -0.2) is 59.5 Å². The molecule has 1 rings (SSSR count). The zero-order valence-corrected chi connectivity index (χ0v) is 11.9. The van der Waals surface area contributed by atoms with Crippen molar-refractivity contribution in [3.05, 3.63) is 12.2 Å². The van der Waals surface area contributed by atoms with Crippen LogP contribution in [-0.2, 0) is 9.59 Å². The number of carboxylic acids is 1. The van der Waals surface area contributed by atoms with Crippen molar-refractivity contribution < 1.29 is 14.7 Å². The molecule has 1 unspecified atom stereocenters. The molecule has 0 saturated carbocycles. The van der Waals surface area contributed by atoms with E-state index in [1.807, 2.05) is 13.8 Å². The maximum atomic E-state index is 12.1. The minimum Gasteiger partial charge on any atom is -0.481 e. The summed E-state index contributed by atoms with van der Waals surface area (Å²) in [4.78, 5) is 26.6. The zero-order chi connectivity index (χ0) is 14.4. The van der Waals surface area contributed by atoms with Gasteiger partial charge in [0.1, 0.15) is 0 Å². The molecule has 1 amide bonds. The summed E-state index contributed by atoms with van der Waals surface area (Å²) >= 11 is 0. The molecule has 0 aromatic rings. The van der Waals surface area contributed by atoms with E-state index in [9.17, 15) is 9.59 Å². The summed E-state index contributed by atoms with van der Waals surface area (Å²) in [5.41, 5.74) is 0.973. The van der Waals surface area contributed by atoms with Gasteiger partial charge in [-0.3, -0.25) is 14.5 Å². The molecule has 5 nitrogen and oxygen atoms in total. The fourth-order valence-electron chi connectivity index (χ4n) is 2.46. The second kappa shape index (κ2) is 7.28. The Morgan fingerprint density at radius 3 is 2.68 bits per heavy atom. The van der Waals surface area contributed by atoms with E-state index < -0.39 is 5.97 Å². The molecule has 0 radical (unpaired) electrons. The number of amides is 1. The lowest BCUT2D eigenvalue weighted by atomic mass is 10.1. The first-order valence-corrected chi connectivity index (χ1v) is 6.78. The Bertz CT molecular complexity index is 355. The fraction of sp³-hybridized carbons (Fsp3) is 0.714. The minimum absolute atomic E-state index is 0.0986. The number of nitrogens with zero attached hydrogens (tertiary/aromatic N) is 2. The standard InChI is InChI=1S/C14H24N2O3/c1-4-16(8-11(2)3)13(17)10-15-6-5-12(9-15)7-14(18)19/h12H,2,4-10H2,1,3H3,(H,18,19). The molecule has 1 N–H and O–H groups in total. The summed E-state index contributed by atoms with van der Waals surface area (Å²) in [6.45, 7) is 10.9. The van der Waals surface area contributed by atoms with Crippen LogP contribution in [0.15, 0.2) is 12.2 Å². The summed E-state index contributed by atoms with van der Waals surface area (Å²) in [6.07, 6.45) is 1.07. The lowest BCUT2D eigenvalue weighted by molar-refractivity contribution is -0.138. The highest BCUT2D eigenvalue weighted by Crippen LogP contribution is 2.19. The highest BCUT2D eigenvalue weighted by Gasteiger charge is 2.26. The van der Waals surface area contributed by atoms with E-state index in [0.717, 1.165) is 18.5 Å². The molecule has 0 aromatic heterocycles. The summed E-state index contributed by atoms with van der Waals surface area (Å²) < 4.78 is 0. The quantitative estimate of drug-likeness (QED) is 0.705. The number of rotatable bonds is 7. The van der Waals surface area contributed by atoms with E-state index in [0.29, 0.717) is 26.2 Å². The molecule has 1 fully saturated rings. The van der Waals surface area contributed by atoms with Crippen molar-refractivity contribution in [3.63, 3.8) is 0 Å². The zero-order valence-electron chi connectivity index (χ0n) is 11.9. The number of carbonyl (C=O) groups is 2. The third kappa shape index (κ3) is 5.42. The van der Waals surface area contributed by atoms with Gasteiger partial charge in [-0.15, -0.1) is 0 Å². The minimum atomic E-state index is -0.754. The Labute approximate surface area is 114 Å². The van der Waals surface area contributed by atoms with Gasteiger partial charge in [0.15, 0.2) is 0 Å². The van der Waals surface area contributed by atoms with E-state index in [2.05, 4.69) is 11.5 Å². The smallest absolute Gasteiger partial charge is 0.303 e. The number of hydrogen-bond acceptors (Lipinski definition) is 3. The lowest BCUT2D eigenvalue weighted by Crippen LogP contribution is -2.40. The Morgan fingerprint density at radius 2 is 2.16 bits per heavy atom. The van der Waals surface area contributed by atoms with Crippen molar-refractivity contribution >= 4 is 11.9 Å². The second-order valence-electron chi connectivity index (χ2n) is 5.35. The maximum Gasteiger partial charge on any atom is 0.303 e. The Morgan fingerprint density at radius 1 is 1.47 bits per heavy atom. The van der Waals surface area contributed by atoms with E-state index >= 15 is 0 Å². The van der Waals surface area contributed by atoms with Crippen molar-refractivity contribution in [2.24, 2.45) is 5.92 Å². The highest BCUT2D eigenvalue weighted by molar-refractivity contribution is 5.78. The van der Waals surface area contributed by atoms with Gasteiger partial charge in [0.2, 0.25) is 5.91 Å². The van der Waals surface area contributed by atoms with Gasteiger partial charge in [0.05, 0.1) is 6.54 Å². The van der Waals surface area contributed by atoms with Crippen LogP contribution in [0.5, 0.6) is 0 Å². The topological polar surface area (TPSA) is 60.9 Å². The van der Waals surface area contributed by atoms with Gasteiger partial charge in [0, 0.05) is 26.1 Å². The normalized spacial score (nSPS) is 19.4. The molecule has 1 aliphatic heterocycles.